The van der Waals surface area contributed by atoms with Gasteiger partial charge in [-0.2, -0.15) is 0 Å². The molecule has 0 saturated carbocycles. The highest BCUT2D eigenvalue weighted by molar-refractivity contribution is 7.44. The lowest BCUT2D eigenvalue weighted by molar-refractivity contribution is -0.00110. The van der Waals surface area contributed by atoms with E-state index in [9.17, 15) is 0 Å². The van der Waals surface area contributed by atoms with Gasteiger partial charge in [0.2, 0.25) is 6.54 Å². The lowest BCUT2D eigenvalue weighted by Crippen LogP contribution is -2.39. The van der Waals surface area contributed by atoms with Crippen molar-refractivity contribution in [2.45, 2.75) is 84.5 Å². The minimum absolute atomic E-state index is 0.000544. The third kappa shape index (κ3) is 5.62. The first kappa shape index (κ1) is 21.8. The zero-order valence-corrected chi connectivity index (χ0v) is 17.0. The molecule has 0 aromatic rings. The van der Waals surface area contributed by atoms with Gasteiger partial charge in [-0.15, -0.1) is 0 Å². The molecular formula is C17H33N2O4P. The van der Waals surface area contributed by atoms with Gasteiger partial charge in [-0.3, -0.25) is 0 Å². The molecule has 1 heterocycles. The number of nitrogens with zero attached hydrogens (tertiary/aromatic N) is 2. The van der Waals surface area contributed by atoms with Gasteiger partial charge in [-0.1, -0.05) is 6.92 Å². The molecule has 6 nitrogen and oxygen atoms in total. The lowest BCUT2D eigenvalue weighted by atomic mass is 10.1. The van der Waals surface area contributed by atoms with Crippen LogP contribution >= 0.6 is 8.53 Å². The summed E-state index contributed by atoms with van der Waals surface area (Å²) in [6.45, 7) is 20.3. The minimum Gasteiger partial charge on any atom is -0.376 e. The molecule has 7 heteroatoms. The van der Waals surface area contributed by atoms with Crippen LogP contribution in [0.2, 0.25) is 0 Å². The van der Waals surface area contributed by atoms with Gasteiger partial charge in [-0.05, 0) is 41.0 Å². The molecule has 1 aliphatic rings. The highest BCUT2D eigenvalue weighted by atomic mass is 31.2. The van der Waals surface area contributed by atoms with Gasteiger partial charge in [-0.25, -0.2) is 11.2 Å². The Morgan fingerprint density at radius 3 is 2.29 bits per heavy atom. The summed E-state index contributed by atoms with van der Waals surface area (Å²) < 4.78 is 26.3. The summed E-state index contributed by atoms with van der Waals surface area (Å²) in [5.74, 6) is 0. The van der Waals surface area contributed by atoms with Crippen LogP contribution in [0.5, 0.6) is 0 Å². The molecule has 1 fully saturated rings. The second kappa shape index (κ2) is 10.7. The number of hydrogen-bond acceptors (Lipinski definition) is 5. The fourth-order valence-corrected chi connectivity index (χ4v) is 4.84. The molecule has 0 spiro atoms. The Morgan fingerprint density at radius 1 is 1.21 bits per heavy atom. The van der Waals surface area contributed by atoms with E-state index in [0.29, 0.717) is 13.2 Å². The van der Waals surface area contributed by atoms with E-state index in [4.69, 9.17) is 25.1 Å². The van der Waals surface area contributed by atoms with Crippen LogP contribution in [0.1, 0.15) is 48.0 Å². The van der Waals surface area contributed by atoms with Crippen molar-refractivity contribution in [3.8, 4) is 0 Å². The van der Waals surface area contributed by atoms with Crippen LogP contribution < -0.4 is 0 Å². The van der Waals surface area contributed by atoms with Gasteiger partial charge < -0.3 is 23.4 Å². The lowest BCUT2D eigenvalue weighted by Gasteiger charge is -2.38. The van der Waals surface area contributed by atoms with Crippen LogP contribution in [0, 0.1) is 6.57 Å². The standard InChI is InChI=1S/C17H33N2O4P/c1-9-15-17(16(20-8)14(6)22-15)23-24(21-11-10-18-7)19(12(2)3)13(4)5/h12-17H,9-11H2,1-6,8H3/t14-,15+,16+,17?,24?/m0/s1. The molecule has 5 atom stereocenters. The number of hydrogen-bond donors (Lipinski definition) is 0. The van der Waals surface area contributed by atoms with Crippen molar-refractivity contribution in [2.24, 2.45) is 0 Å². The topological polar surface area (TPSA) is 44.5 Å². The summed E-state index contributed by atoms with van der Waals surface area (Å²) in [6.07, 6.45) is 0.598. The molecule has 1 saturated heterocycles. The fourth-order valence-electron chi connectivity index (χ4n) is 3.09. The van der Waals surface area contributed by atoms with E-state index in [2.05, 4.69) is 44.1 Å². The average molecular weight is 360 g/mol. The maximum atomic E-state index is 6.96. The minimum atomic E-state index is -1.28. The first-order valence-electron chi connectivity index (χ1n) is 8.76. The van der Waals surface area contributed by atoms with E-state index < -0.39 is 8.53 Å². The van der Waals surface area contributed by atoms with Crippen LogP contribution in [0.25, 0.3) is 4.85 Å². The van der Waals surface area contributed by atoms with Gasteiger partial charge in [0.05, 0.1) is 12.2 Å². The number of methoxy groups -OCH3 is 1. The van der Waals surface area contributed by atoms with Crippen molar-refractivity contribution in [1.82, 2.24) is 4.67 Å². The molecule has 140 valence electrons. The third-order valence-corrected chi connectivity index (χ3v) is 6.21. The summed E-state index contributed by atoms with van der Waals surface area (Å²) in [5.41, 5.74) is 0. The van der Waals surface area contributed by atoms with E-state index in [1.54, 1.807) is 7.11 Å². The molecule has 0 N–H and O–H groups in total. The van der Waals surface area contributed by atoms with Crippen LogP contribution in [0.15, 0.2) is 0 Å². The Hall–Kier alpha value is -0.280. The predicted octanol–water partition coefficient (Wildman–Crippen LogP) is 3.87. The summed E-state index contributed by atoms with van der Waals surface area (Å²) in [4.78, 5) is 3.37. The van der Waals surface area contributed by atoms with Gasteiger partial charge in [0.25, 0.3) is 8.53 Å². The van der Waals surface area contributed by atoms with Crippen molar-refractivity contribution in [3.05, 3.63) is 11.4 Å². The van der Waals surface area contributed by atoms with Crippen molar-refractivity contribution in [2.75, 3.05) is 20.3 Å². The van der Waals surface area contributed by atoms with E-state index in [1.807, 2.05) is 6.92 Å². The molecule has 0 bridgehead atoms. The maximum Gasteiger partial charge on any atom is 0.259 e. The molecule has 0 radical (unpaired) electrons. The molecular weight excluding hydrogens is 327 g/mol. The molecule has 0 aliphatic carbocycles. The molecule has 0 amide bonds. The Balaban J connectivity index is 2.94. The highest BCUT2D eigenvalue weighted by Gasteiger charge is 2.45. The zero-order chi connectivity index (χ0) is 18.3. The Kier molecular flexibility index (Phi) is 9.66. The quantitative estimate of drug-likeness (QED) is 0.336. The Morgan fingerprint density at radius 2 is 1.83 bits per heavy atom. The summed E-state index contributed by atoms with van der Waals surface area (Å²) in [5, 5.41) is 0. The van der Waals surface area contributed by atoms with E-state index in [0.717, 1.165) is 6.42 Å². The van der Waals surface area contributed by atoms with Crippen molar-refractivity contribution < 1.29 is 18.5 Å². The van der Waals surface area contributed by atoms with Crippen LogP contribution in [-0.4, -0.2) is 61.4 Å². The fraction of sp³-hybridized carbons (Fsp3) is 0.941. The molecule has 2 unspecified atom stereocenters. The van der Waals surface area contributed by atoms with Gasteiger partial charge in [0.1, 0.15) is 18.8 Å². The zero-order valence-electron chi connectivity index (χ0n) is 16.1. The predicted molar refractivity (Wildman–Crippen MR) is 96.7 cm³/mol. The Labute approximate surface area is 148 Å². The largest absolute Gasteiger partial charge is 0.376 e. The highest BCUT2D eigenvalue weighted by Crippen LogP contribution is 2.49. The monoisotopic (exact) mass is 360 g/mol. The van der Waals surface area contributed by atoms with Gasteiger partial charge in [0, 0.05) is 19.2 Å². The van der Waals surface area contributed by atoms with Crippen LogP contribution in [0.3, 0.4) is 0 Å². The summed E-state index contributed by atoms with van der Waals surface area (Å²) in [7, 11) is 0.419. The second-order valence-corrected chi connectivity index (χ2v) is 7.99. The maximum absolute atomic E-state index is 6.96. The average Bonchev–Trinajstić information content (AvgIpc) is 2.81. The molecule has 24 heavy (non-hydrogen) atoms. The first-order valence-corrected chi connectivity index (χ1v) is 9.89. The van der Waals surface area contributed by atoms with E-state index in [-0.39, 0.29) is 36.5 Å². The Bertz CT molecular complexity index is 395. The third-order valence-electron chi connectivity index (χ3n) is 4.08. The summed E-state index contributed by atoms with van der Waals surface area (Å²) >= 11 is 0. The number of ether oxygens (including phenoxy) is 2. The van der Waals surface area contributed by atoms with Gasteiger partial charge >= 0.3 is 0 Å². The van der Waals surface area contributed by atoms with Crippen molar-refractivity contribution in [3.63, 3.8) is 0 Å². The molecule has 0 aromatic heterocycles. The second-order valence-electron chi connectivity index (χ2n) is 6.58. The summed E-state index contributed by atoms with van der Waals surface area (Å²) in [6, 6.07) is 0.565. The number of rotatable bonds is 10. The van der Waals surface area contributed by atoms with Gasteiger partial charge in [0.15, 0.2) is 0 Å². The molecule has 1 aliphatic heterocycles. The van der Waals surface area contributed by atoms with Crippen LogP contribution in [0.4, 0.5) is 0 Å². The SMILES string of the molecule is [C-]#[N+]CCOP(OC1[C@@H](CC)O[C@@H](C)[C@H]1OC)N(C(C)C)C(C)C. The first-order chi connectivity index (χ1) is 11.4. The molecule has 0 aromatic carbocycles. The normalized spacial score (nSPS) is 28.7. The van der Waals surface area contributed by atoms with E-state index in [1.165, 1.54) is 0 Å². The van der Waals surface area contributed by atoms with Crippen molar-refractivity contribution >= 4 is 8.53 Å². The smallest absolute Gasteiger partial charge is 0.259 e. The van der Waals surface area contributed by atoms with E-state index >= 15 is 0 Å². The van der Waals surface area contributed by atoms with Crippen LogP contribution in [-0.2, 0) is 18.5 Å². The van der Waals surface area contributed by atoms with Crippen molar-refractivity contribution in [1.29, 1.82) is 0 Å². The molecule has 1 rings (SSSR count).